The molecule has 2 amide bonds. The molecule has 3 fully saturated rings. The van der Waals surface area contributed by atoms with E-state index in [9.17, 15) is 14.4 Å². The molecule has 30 heavy (non-hydrogen) atoms. The monoisotopic (exact) mass is 488 g/mol. The van der Waals surface area contributed by atoms with Gasteiger partial charge in [0, 0.05) is 27.9 Å². The first-order valence-corrected chi connectivity index (χ1v) is 11.0. The lowest BCUT2D eigenvalue weighted by atomic mass is 9.79. The number of amides is 2. The van der Waals surface area contributed by atoms with Crippen molar-refractivity contribution in [2.24, 2.45) is 23.7 Å². The molecule has 0 spiro atoms. The zero-order valence-corrected chi connectivity index (χ0v) is 18.0. The van der Waals surface area contributed by atoms with Gasteiger partial charge >= 0.3 is 5.97 Å². The van der Waals surface area contributed by atoms with E-state index in [0.29, 0.717) is 22.0 Å². The van der Waals surface area contributed by atoms with Crippen LogP contribution in [0.15, 0.2) is 48.5 Å². The number of alkyl halides is 1. The molecule has 1 saturated heterocycles. The van der Waals surface area contributed by atoms with Gasteiger partial charge in [0.1, 0.15) is 6.10 Å². The summed E-state index contributed by atoms with van der Waals surface area (Å²) in [6, 6.07) is 13.5. The summed E-state index contributed by atoms with van der Waals surface area (Å²) in [5.74, 6) is -1.23. The Bertz CT molecular complexity index is 1040. The summed E-state index contributed by atoms with van der Waals surface area (Å²) in [5, 5.41) is 6.22. The number of benzene rings is 2. The Morgan fingerprint density at radius 3 is 2.53 bits per heavy atom. The normalized spacial score (nSPS) is 30.8. The smallest absolute Gasteiger partial charge is 0.310 e. The third kappa shape index (κ3) is 3.20. The van der Waals surface area contributed by atoms with Gasteiger partial charge < -0.3 is 15.4 Å². The van der Waals surface area contributed by atoms with Gasteiger partial charge in [0.15, 0.2) is 0 Å². The van der Waals surface area contributed by atoms with E-state index < -0.39 is 5.92 Å². The van der Waals surface area contributed by atoms with Crippen LogP contribution < -0.4 is 10.6 Å². The van der Waals surface area contributed by atoms with Crippen molar-refractivity contribution < 1.29 is 19.1 Å². The lowest BCUT2D eigenvalue weighted by Crippen LogP contribution is -2.40. The van der Waals surface area contributed by atoms with Crippen LogP contribution in [0.3, 0.4) is 0 Å². The third-order valence-corrected chi connectivity index (χ3v) is 7.76. The number of rotatable bonds is 4. The van der Waals surface area contributed by atoms with Crippen molar-refractivity contribution in [1.82, 2.24) is 0 Å². The fourth-order valence-electron chi connectivity index (χ4n) is 5.03. The molecule has 6 atom stereocenters. The number of hydrogen-bond acceptors (Lipinski definition) is 4. The number of halogens is 2. The van der Waals surface area contributed by atoms with Crippen LogP contribution in [0.5, 0.6) is 0 Å². The van der Waals surface area contributed by atoms with Crippen LogP contribution in [-0.4, -0.2) is 28.7 Å². The van der Waals surface area contributed by atoms with Gasteiger partial charge in [-0.05, 0) is 54.8 Å². The molecule has 154 valence electrons. The van der Waals surface area contributed by atoms with Crippen LogP contribution in [0.25, 0.3) is 0 Å². The molecule has 8 heteroatoms. The Labute approximate surface area is 186 Å². The highest BCUT2D eigenvalue weighted by Crippen LogP contribution is 2.60. The molecule has 0 unspecified atom stereocenters. The molecule has 2 aromatic carbocycles. The minimum Gasteiger partial charge on any atom is -0.461 e. The molecule has 6 nitrogen and oxygen atoms in total. The second kappa shape index (κ2) is 7.39. The summed E-state index contributed by atoms with van der Waals surface area (Å²) in [5.41, 5.74) is 1.64. The highest BCUT2D eigenvalue weighted by Gasteiger charge is 2.67. The molecule has 0 aromatic heterocycles. The highest BCUT2D eigenvalue weighted by atomic mass is 79.9. The maximum Gasteiger partial charge on any atom is 0.310 e. The average molecular weight is 490 g/mol. The Balaban J connectivity index is 1.26. The standard InChI is InChI=1S/C22H18BrClN2O4/c23-18-14-9-15-17(22(29)30-19(15)18)16(14)21(28)25-12-6-4-10(5-7-12)20(27)26-13-3-1-2-11(24)8-13/h1-8,14-19H,9H2,(H,25,28)(H,26,27)/t14-,15-,16-,17-,18+,19+/m1/s1. The molecule has 2 bridgehead atoms. The van der Waals surface area contributed by atoms with Crippen LogP contribution in [0.2, 0.25) is 5.02 Å². The van der Waals surface area contributed by atoms with E-state index in [1.807, 2.05) is 0 Å². The predicted octanol–water partition coefficient (Wildman–Crippen LogP) is 4.10. The van der Waals surface area contributed by atoms with Crippen molar-refractivity contribution in [3.05, 3.63) is 59.1 Å². The van der Waals surface area contributed by atoms with Crippen molar-refractivity contribution in [1.29, 1.82) is 0 Å². The summed E-state index contributed by atoms with van der Waals surface area (Å²) >= 11 is 9.56. The topological polar surface area (TPSA) is 84.5 Å². The Hall–Kier alpha value is -2.38. The van der Waals surface area contributed by atoms with Gasteiger partial charge in [-0.2, -0.15) is 0 Å². The zero-order chi connectivity index (χ0) is 21.0. The molecular weight excluding hydrogens is 472 g/mol. The highest BCUT2D eigenvalue weighted by molar-refractivity contribution is 9.09. The van der Waals surface area contributed by atoms with Crippen LogP contribution in [-0.2, 0) is 14.3 Å². The van der Waals surface area contributed by atoms with Gasteiger partial charge in [0.25, 0.3) is 5.91 Å². The van der Waals surface area contributed by atoms with Crippen molar-refractivity contribution >= 4 is 56.7 Å². The number of ether oxygens (including phenoxy) is 1. The van der Waals surface area contributed by atoms with Gasteiger partial charge in [-0.3, -0.25) is 14.4 Å². The molecule has 5 rings (SSSR count). The third-order valence-electron chi connectivity index (χ3n) is 6.32. The van der Waals surface area contributed by atoms with Crippen molar-refractivity contribution in [2.45, 2.75) is 17.4 Å². The molecular formula is C22H18BrClN2O4. The zero-order valence-electron chi connectivity index (χ0n) is 15.7. The number of anilines is 2. The Morgan fingerprint density at radius 1 is 1.03 bits per heavy atom. The maximum absolute atomic E-state index is 12.9. The Morgan fingerprint density at radius 2 is 1.80 bits per heavy atom. The second-order valence-electron chi connectivity index (χ2n) is 7.99. The van der Waals surface area contributed by atoms with Gasteiger partial charge in [0.2, 0.25) is 5.91 Å². The predicted molar refractivity (Wildman–Crippen MR) is 116 cm³/mol. The van der Waals surface area contributed by atoms with E-state index >= 15 is 0 Å². The van der Waals surface area contributed by atoms with Gasteiger partial charge in [-0.15, -0.1) is 0 Å². The molecule has 3 aliphatic rings. The van der Waals surface area contributed by atoms with Gasteiger partial charge in [-0.1, -0.05) is 33.6 Å². The first-order valence-electron chi connectivity index (χ1n) is 9.75. The van der Waals surface area contributed by atoms with Crippen LogP contribution >= 0.6 is 27.5 Å². The van der Waals surface area contributed by atoms with E-state index in [2.05, 4.69) is 26.6 Å². The molecule has 2 N–H and O–H groups in total. The summed E-state index contributed by atoms with van der Waals surface area (Å²) in [4.78, 5) is 37.6. The second-order valence-corrected chi connectivity index (χ2v) is 9.49. The average Bonchev–Trinajstić information content (AvgIpc) is 3.33. The summed E-state index contributed by atoms with van der Waals surface area (Å²) in [6.07, 6.45) is 0.728. The molecule has 1 heterocycles. The molecule has 2 aromatic rings. The molecule has 2 aliphatic carbocycles. The number of carbonyl (C=O) groups is 3. The van der Waals surface area contributed by atoms with Gasteiger partial charge in [-0.25, -0.2) is 0 Å². The lowest BCUT2D eigenvalue weighted by molar-refractivity contribution is -0.145. The number of hydrogen-bond donors (Lipinski definition) is 2. The largest absolute Gasteiger partial charge is 0.461 e. The summed E-state index contributed by atoms with van der Waals surface area (Å²) in [6.45, 7) is 0. The summed E-state index contributed by atoms with van der Waals surface area (Å²) in [7, 11) is 0. The van der Waals surface area contributed by atoms with Crippen LogP contribution in [0, 0.1) is 23.7 Å². The lowest BCUT2D eigenvalue weighted by Gasteiger charge is -2.27. The molecule has 2 saturated carbocycles. The van der Waals surface area contributed by atoms with Crippen LogP contribution in [0.4, 0.5) is 11.4 Å². The van der Waals surface area contributed by atoms with E-state index in [1.54, 1.807) is 48.5 Å². The minimum atomic E-state index is -0.392. The number of fused-ring (bicyclic) bond motifs is 1. The van der Waals surface area contributed by atoms with E-state index in [-0.39, 0.29) is 46.5 Å². The number of nitrogens with one attached hydrogen (secondary N) is 2. The van der Waals surface area contributed by atoms with E-state index in [4.69, 9.17) is 16.3 Å². The van der Waals surface area contributed by atoms with Crippen LogP contribution in [0.1, 0.15) is 16.8 Å². The van der Waals surface area contributed by atoms with E-state index in [0.717, 1.165) is 6.42 Å². The quantitative estimate of drug-likeness (QED) is 0.500. The van der Waals surface area contributed by atoms with Crippen molar-refractivity contribution in [2.75, 3.05) is 10.6 Å². The number of esters is 1. The van der Waals surface area contributed by atoms with Crippen molar-refractivity contribution in [3.63, 3.8) is 0 Å². The molecule has 1 aliphatic heterocycles. The first-order chi connectivity index (χ1) is 14.4. The molecule has 0 radical (unpaired) electrons. The number of carbonyl (C=O) groups excluding carboxylic acids is 3. The fourth-order valence-corrected chi connectivity index (χ4v) is 6.27. The van der Waals surface area contributed by atoms with E-state index in [1.165, 1.54) is 0 Å². The Kier molecular flexibility index (Phi) is 4.82. The van der Waals surface area contributed by atoms with Crippen molar-refractivity contribution in [3.8, 4) is 0 Å². The fraction of sp³-hybridized carbons (Fsp3) is 0.318. The summed E-state index contributed by atoms with van der Waals surface area (Å²) < 4.78 is 5.46. The SMILES string of the molecule is O=C(Nc1cccc(Cl)c1)c1ccc(NC(=O)[C@@H]2[C@H]3C[C@H]4[C@H](OC(=O)[C@H]42)[C@H]3Br)cc1. The minimum absolute atomic E-state index is 0.0264. The maximum atomic E-state index is 12.9. The first kappa shape index (κ1) is 19.6. The van der Waals surface area contributed by atoms with Gasteiger partial charge in [0.05, 0.1) is 16.7 Å².